The molecule has 7 nitrogen and oxygen atoms in total. The van der Waals surface area contributed by atoms with Crippen LogP contribution in [0.1, 0.15) is 47.6 Å². The van der Waals surface area contributed by atoms with E-state index in [2.05, 4.69) is 10.3 Å². The molecule has 2 aliphatic rings. The van der Waals surface area contributed by atoms with Gasteiger partial charge in [-0.3, -0.25) is 18.8 Å². The summed E-state index contributed by atoms with van der Waals surface area (Å²) < 4.78 is 15.4. The first-order chi connectivity index (χ1) is 15.0. The molecular weight excluding hydrogens is 399 g/mol. The second-order valence-corrected chi connectivity index (χ2v) is 8.17. The van der Waals surface area contributed by atoms with E-state index >= 15 is 0 Å². The number of amides is 2. The lowest BCUT2D eigenvalue weighted by Crippen LogP contribution is -2.58. The molecule has 0 unspecified atom stereocenters. The molecule has 1 N–H and O–H groups in total. The Morgan fingerprint density at radius 1 is 1.16 bits per heavy atom. The van der Waals surface area contributed by atoms with Crippen molar-refractivity contribution in [2.75, 3.05) is 6.54 Å². The molecule has 2 aliphatic heterocycles. The van der Waals surface area contributed by atoms with Gasteiger partial charge in [-0.25, -0.2) is 9.37 Å². The van der Waals surface area contributed by atoms with Crippen LogP contribution in [0.2, 0.25) is 0 Å². The number of fused-ring (bicyclic) bond motifs is 1. The van der Waals surface area contributed by atoms with Gasteiger partial charge in [0.1, 0.15) is 17.0 Å². The minimum absolute atomic E-state index is 0.0496. The molecule has 4 heterocycles. The van der Waals surface area contributed by atoms with Crippen LogP contribution in [0.3, 0.4) is 0 Å². The lowest BCUT2D eigenvalue weighted by molar-refractivity contribution is -0.120. The summed E-state index contributed by atoms with van der Waals surface area (Å²) in [5, 5.41) is 3.06. The van der Waals surface area contributed by atoms with Gasteiger partial charge in [-0.05, 0) is 49.1 Å². The standard InChI is InChI=1S/C23H21FN4O3/c24-16-6-3-5-15(13-16)20-23(10-8-19(29)26-23)9-4-12-28(20)22(31)17-14-25-18-7-1-2-11-27(18)21(17)30/h1-3,5-7,11,13-14,20H,4,8-10,12H2,(H,26,29)/t20-,23+/m1/s1. The number of pyridine rings is 1. The Balaban J connectivity index is 1.62. The van der Waals surface area contributed by atoms with Crippen LogP contribution in [0.4, 0.5) is 4.39 Å². The highest BCUT2D eigenvalue weighted by Crippen LogP contribution is 2.45. The van der Waals surface area contributed by atoms with E-state index in [9.17, 15) is 18.8 Å². The van der Waals surface area contributed by atoms with Gasteiger partial charge in [-0.2, -0.15) is 0 Å². The number of nitrogens with one attached hydrogen (secondary N) is 1. The zero-order valence-electron chi connectivity index (χ0n) is 16.8. The summed E-state index contributed by atoms with van der Waals surface area (Å²) in [6.07, 6.45) is 5.12. The van der Waals surface area contributed by atoms with Crippen molar-refractivity contribution in [3.63, 3.8) is 0 Å². The minimum atomic E-state index is -0.681. The molecule has 8 heteroatoms. The number of piperidine rings is 1. The third-order valence-corrected chi connectivity index (χ3v) is 6.31. The van der Waals surface area contributed by atoms with Gasteiger partial charge in [0.15, 0.2) is 0 Å². The average molecular weight is 420 g/mol. The number of likely N-dealkylation sites (tertiary alicyclic amines) is 1. The molecule has 2 amide bonds. The summed E-state index contributed by atoms with van der Waals surface area (Å²) in [6, 6.07) is 10.7. The Kier molecular flexibility index (Phi) is 4.57. The van der Waals surface area contributed by atoms with Crippen LogP contribution in [0, 0.1) is 5.82 Å². The van der Waals surface area contributed by atoms with E-state index in [4.69, 9.17) is 0 Å². The molecule has 1 spiro atoms. The predicted octanol–water partition coefficient (Wildman–Crippen LogP) is 2.46. The van der Waals surface area contributed by atoms with Crippen molar-refractivity contribution in [2.45, 2.75) is 37.3 Å². The van der Waals surface area contributed by atoms with Crippen LogP contribution in [0.15, 0.2) is 59.7 Å². The number of halogens is 1. The van der Waals surface area contributed by atoms with Crippen molar-refractivity contribution >= 4 is 17.5 Å². The first-order valence-electron chi connectivity index (χ1n) is 10.3. The highest BCUT2D eigenvalue weighted by molar-refractivity contribution is 5.94. The van der Waals surface area contributed by atoms with Gasteiger partial charge >= 0.3 is 0 Å². The van der Waals surface area contributed by atoms with Crippen molar-refractivity contribution in [3.8, 4) is 0 Å². The first kappa shape index (κ1) is 19.4. The molecule has 31 heavy (non-hydrogen) atoms. The summed E-state index contributed by atoms with van der Waals surface area (Å²) in [5.74, 6) is -0.962. The van der Waals surface area contributed by atoms with Crippen molar-refractivity contribution in [3.05, 3.63) is 82.2 Å². The molecule has 2 fully saturated rings. The highest BCUT2D eigenvalue weighted by atomic mass is 19.1. The van der Waals surface area contributed by atoms with E-state index < -0.39 is 28.9 Å². The Morgan fingerprint density at radius 2 is 2.03 bits per heavy atom. The van der Waals surface area contributed by atoms with Crippen LogP contribution < -0.4 is 10.9 Å². The first-order valence-corrected chi connectivity index (χ1v) is 10.3. The maximum Gasteiger partial charge on any atom is 0.270 e. The summed E-state index contributed by atoms with van der Waals surface area (Å²) in [7, 11) is 0. The fourth-order valence-electron chi connectivity index (χ4n) is 4.98. The Morgan fingerprint density at radius 3 is 2.81 bits per heavy atom. The number of nitrogens with zero attached hydrogens (tertiary/aromatic N) is 3. The molecule has 0 bridgehead atoms. The summed E-state index contributed by atoms with van der Waals surface area (Å²) in [5.41, 5.74) is -0.137. The summed E-state index contributed by atoms with van der Waals surface area (Å²) >= 11 is 0. The molecule has 2 aromatic heterocycles. The van der Waals surface area contributed by atoms with Crippen molar-refractivity contribution in [1.29, 1.82) is 0 Å². The van der Waals surface area contributed by atoms with E-state index in [-0.39, 0.29) is 11.5 Å². The third kappa shape index (κ3) is 3.19. The second kappa shape index (κ2) is 7.30. The number of carbonyl (C=O) groups is 2. The smallest absolute Gasteiger partial charge is 0.270 e. The molecule has 158 valence electrons. The fraction of sp³-hybridized carbons (Fsp3) is 0.304. The molecule has 0 saturated carbocycles. The highest BCUT2D eigenvalue weighted by Gasteiger charge is 2.51. The molecule has 1 aromatic carbocycles. The number of aromatic nitrogens is 2. The molecule has 5 rings (SSSR count). The number of hydrogen-bond acceptors (Lipinski definition) is 4. The molecule has 2 atom stereocenters. The molecule has 0 aliphatic carbocycles. The predicted molar refractivity (Wildman–Crippen MR) is 111 cm³/mol. The number of benzene rings is 1. The largest absolute Gasteiger partial charge is 0.348 e. The van der Waals surface area contributed by atoms with Crippen molar-refractivity contribution in [2.24, 2.45) is 0 Å². The molecule has 0 radical (unpaired) electrons. The average Bonchev–Trinajstić information content (AvgIpc) is 3.14. The Hall–Kier alpha value is -3.55. The number of carbonyl (C=O) groups excluding carboxylic acids is 2. The monoisotopic (exact) mass is 420 g/mol. The van der Waals surface area contributed by atoms with Gasteiger partial charge in [0.2, 0.25) is 5.91 Å². The van der Waals surface area contributed by atoms with Crippen LogP contribution >= 0.6 is 0 Å². The SMILES string of the molecule is O=C1CC[C@]2(CCCN(C(=O)c3cnc4ccccn4c3=O)[C@@H]2c2cccc(F)c2)N1. The minimum Gasteiger partial charge on any atom is -0.348 e. The van der Waals surface area contributed by atoms with E-state index in [0.717, 1.165) is 0 Å². The van der Waals surface area contributed by atoms with Gasteiger partial charge in [0, 0.05) is 25.4 Å². The van der Waals surface area contributed by atoms with Crippen LogP contribution in [0.25, 0.3) is 5.65 Å². The maximum atomic E-state index is 14.1. The zero-order valence-corrected chi connectivity index (χ0v) is 16.8. The molecule has 3 aromatic rings. The van der Waals surface area contributed by atoms with Crippen LogP contribution in [-0.2, 0) is 4.79 Å². The van der Waals surface area contributed by atoms with Gasteiger partial charge in [-0.15, -0.1) is 0 Å². The van der Waals surface area contributed by atoms with Crippen molar-refractivity contribution < 1.29 is 14.0 Å². The normalized spacial score (nSPS) is 23.3. The number of rotatable bonds is 2. The van der Waals surface area contributed by atoms with Crippen molar-refractivity contribution in [1.82, 2.24) is 19.6 Å². The number of hydrogen-bond donors (Lipinski definition) is 1. The van der Waals surface area contributed by atoms with Crippen LogP contribution in [0.5, 0.6) is 0 Å². The third-order valence-electron chi connectivity index (χ3n) is 6.31. The summed E-state index contributed by atoms with van der Waals surface area (Å²) in [6.45, 7) is 0.397. The van der Waals surface area contributed by atoms with E-state index in [1.165, 1.54) is 22.7 Å². The fourth-order valence-corrected chi connectivity index (χ4v) is 4.98. The Bertz CT molecular complexity index is 1260. The topological polar surface area (TPSA) is 83.8 Å². The lowest BCUT2D eigenvalue weighted by Gasteiger charge is -2.48. The second-order valence-electron chi connectivity index (χ2n) is 8.17. The van der Waals surface area contributed by atoms with Gasteiger partial charge in [0.05, 0.1) is 11.6 Å². The Labute approximate surface area is 177 Å². The summed E-state index contributed by atoms with van der Waals surface area (Å²) in [4.78, 5) is 44.6. The van der Waals surface area contributed by atoms with Gasteiger partial charge in [-0.1, -0.05) is 18.2 Å². The quantitative estimate of drug-likeness (QED) is 0.690. The van der Waals surface area contributed by atoms with Gasteiger partial charge < -0.3 is 10.2 Å². The van der Waals surface area contributed by atoms with Crippen LogP contribution in [-0.4, -0.2) is 38.2 Å². The molecule has 2 saturated heterocycles. The van der Waals surface area contributed by atoms with Gasteiger partial charge in [0.25, 0.3) is 11.5 Å². The van der Waals surface area contributed by atoms with E-state index in [1.807, 2.05) is 0 Å². The zero-order chi connectivity index (χ0) is 21.6. The maximum absolute atomic E-state index is 14.1. The lowest BCUT2D eigenvalue weighted by atomic mass is 9.76. The van der Waals surface area contributed by atoms with E-state index in [0.29, 0.717) is 43.4 Å². The van der Waals surface area contributed by atoms with E-state index in [1.54, 1.807) is 41.4 Å². The molecular formula is C23H21FN4O3.